The second-order valence-electron chi connectivity index (χ2n) is 9.28. The molecule has 2 heterocycles. The number of fused-ring (bicyclic) bond motifs is 12. The van der Waals surface area contributed by atoms with Gasteiger partial charge in [-0.2, -0.15) is 0 Å². The van der Waals surface area contributed by atoms with Crippen molar-refractivity contribution in [1.82, 2.24) is 19.5 Å². The number of benzene rings is 5. The molecule has 0 saturated heterocycles. The molecule has 4 nitrogen and oxygen atoms in total. The number of aromatic nitrogens is 4. The van der Waals surface area contributed by atoms with E-state index in [0.717, 1.165) is 12.2 Å². The Morgan fingerprint density at radius 1 is 0.581 bits per heavy atom. The average molecular weight is 569 g/mol. The predicted octanol–water partition coefficient (Wildman–Crippen LogP) is 11.0. The summed E-state index contributed by atoms with van der Waals surface area (Å²) in [5.41, 5.74) is 8.04. The van der Waals surface area contributed by atoms with Gasteiger partial charge in [-0.1, -0.05) is 140 Å². The van der Waals surface area contributed by atoms with E-state index in [1.165, 1.54) is 65.6 Å². The first-order valence-corrected chi connectivity index (χ1v) is 15.9. The number of nitrogens with zero attached hydrogens (tertiary/aromatic N) is 4. The lowest BCUT2D eigenvalue weighted by Gasteiger charge is -2.13. The van der Waals surface area contributed by atoms with Crippen molar-refractivity contribution in [1.29, 1.82) is 0 Å². The van der Waals surface area contributed by atoms with E-state index in [9.17, 15) is 0 Å². The summed E-state index contributed by atoms with van der Waals surface area (Å²) < 4.78 is 2.46. The number of hydrogen-bond donors (Lipinski definition) is 0. The van der Waals surface area contributed by atoms with Crippen LogP contribution in [0.2, 0.25) is 0 Å². The summed E-state index contributed by atoms with van der Waals surface area (Å²) in [5.74, 6) is 0.768. The van der Waals surface area contributed by atoms with Crippen LogP contribution in [-0.2, 0) is 13.0 Å². The highest BCUT2D eigenvalue weighted by atomic mass is 15.1. The van der Waals surface area contributed by atoms with Gasteiger partial charge < -0.3 is 4.57 Å². The third-order valence-corrected chi connectivity index (χ3v) is 7.50. The molecule has 0 N–H and O–H groups in total. The SMILES string of the molecule is CC.CC.CC.CC.c1ccc2c(c1)Cc1c-2c2ccccc2c2c3ccc4ccccc4c3n(Cc3ncncn3)c12. The maximum atomic E-state index is 4.50. The molecule has 0 aliphatic heterocycles. The van der Waals surface area contributed by atoms with Crippen LogP contribution in [-0.4, -0.2) is 19.5 Å². The monoisotopic (exact) mass is 568 g/mol. The third-order valence-electron chi connectivity index (χ3n) is 7.50. The van der Waals surface area contributed by atoms with Crippen LogP contribution >= 0.6 is 0 Å². The van der Waals surface area contributed by atoms with Crippen molar-refractivity contribution < 1.29 is 0 Å². The molecule has 0 radical (unpaired) electrons. The Morgan fingerprint density at radius 2 is 1.19 bits per heavy atom. The second-order valence-corrected chi connectivity index (χ2v) is 9.28. The van der Waals surface area contributed by atoms with E-state index in [1.807, 2.05) is 55.4 Å². The lowest BCUT2D eigenvalue weighted by Crippen LogP contribution is -2.06. The van der Waals surface area contributed by atoms with E-state index in [1.54, 1.807) is 12.7 Å². The minimum atomic E-state index is 0.595. The first kappa shape index (κ1) is 31.4. The molecule has 4 heteroatoms. The normalized spacial score (nSPS) is 10.8. The minimum Gasteiger partial charge on any atom is -0.332 e. The topological polar surface area (TPSA) is 43.6 Å². The van der Waals surface area contributed by atoms with E-state index in [0.29, 0.717) is 6.54 Å². The highest BCUT2D eigenvalue weighted by Crippen LogP contribution is 2.49. The Balaban J connectivity index is 0.000000492. The van der Waals surface area contributed by atoms with Gasteiger partial charge in [0.05, 0.1) is 17.6 Å². The van der Waals surface area contributed by atoms with E-state index in [-0.39, 0.29) is 0 Å². The van der Waals surface area contributed by atoms with Crippen LogP contribution in [0.3, 0.4) is 0 Å². The maximum Gasteiger partial charge on any atom is 0.151 e. The third kappa shape index (κ3) is 5.38. The summed E-state index contributed by atoms with van der Waals surface area (Å²) in [6, 6.07) is 30.9. The first-order chi connectivity index (χ1) is 21.4. The van der Waals surface area contributed by atoms with E-state index in [4.69, 9.17) is 0 Å². The van der Waals surface area contributed by atoms with Gasteiger partial charge in [-0.15, -0.1) is 0 Å². The van der Waals surface area contributed by atoms with Gasteiger partial charge in [-0.05, 0) is 38.4 Å². The molecule has 2 aromatic heterocycles. The summed E-state index contributed by atoms with van der Waals surface area (Å²) in [5, 5.41) is 7.72. The lowest BCUT2D eigenvalue weighted by atomic mass is 9.93. The van der Waals surface area contributed by atoms with Crippen molar-refractivity contribution in [2.45, 2.75) is 68.4 Å². The van der Waals surface area contributed by atoms with Crippen LogP contribution in [0, 0.1) is 0 Å². The first-order valence-electron chi connectivity index (χ1n) is 15.9. The molecule has 0 bridgehead atoms. The van der Waals surface area contributed by atoms with Gasteiger partial charge in [0.15, 0.2) is 5.82 Å². The molecule has 220 valence electrons. The van der Waals surface area contributed by atoms with Crippen molar-refractivity contribution in [2.75, 3.05) is 0 Å². The number of rotatable bonds is 2. The zero-order chi connectivity index (χ0) is 30.9. The van der Waals surface area contributed by atoms with Crippen LogP contribution in [0.15, 0.2) is 97.6 Å². The molecule has 0 saturated carbocycles. The molecule has 7 aromatic rings. The van der Waals surface area contributed by atoms with Gasteiger partial charge in [0.2, 0.25) is 0 Å². The summed E-state index contributed by atoms with van der Waals surface area (Å²) in [6.45, 7) is 16.6. The summed E-state index contributed by atoms with van der Waals surface area (Å²) in [7, 11) is 0. The Morgan fingerprint density at radius 3 is 1.91 bits per heavy atom. The van der Waals surface area contributed by atoms with Gasteiger partial charge in [-0.25, -0.2) is 15.0 Å². The Kier molecular flexibility index (Phi) is 10.6. The summed E-state index contributed by atoms with van der Waals surface area (Å²) in [6.07, 6.45) is 4.10. The largest absolute Gasteiger partial charge is 0.332 e. The highest BCUT2D eigenvalue weighted by Gasteiger charge is 2.28. The molecule has 0 spiro atoms. The maximum absolute atomic E-state index is 4.50. The van der Waals surface area contributed by atoms with E-state index < -0.39 is 0 Å². The molecule has 0 fully saturated rings. The van der Waals surface area contributed by atoms with Crippen molar-refractivity contribution >= 4 is 43.4 Å². The van der Waals surface area contributed by atoms with Gasteiger partial charge in [-0.3, -0.25) is 0 Å². The van der Waals surface area contributed by atoms with Crippen LogP contribution in [0.1, 0.15) is 72.3 Å². The van der Waals surface area contributed by atoms with Gasteiger partial charge in [0.1, 0.15) is 12.7 Å². The molecule has 0 atom stereocenters. The van der Waals surface area contributed by atoms with Crippen molar-refractivity contribution in [2.24, 2.45) is 0 Å². The molecule has 0 amide bonds. The Bertz CT molecular complexity index is 1950. The van der Waals surface area contributed by atoms with E-state index >= 15 is 0 Å². The molecular formula is C39H44N4. The standard InChI is InChI=1S/C31H20N4.4C2H6/c1-4-10-22-19(7-1)13-14-25-29-24-12-6-5-11-23(24)28-21-9-3-2-8-20(21)15-26(28)31(29)35(30(22)25)16-27-33-17-32-18-34-27;4*1-2/h1-14,17-18H,15-16H2;4*1-2H3. The molecule has 1 aliphatic rings. The van der Waals surface area contributed by atoms with Crippen LogP contribution < -0.4 is 0 Å². The van der Waals surface area contributed by atoms with Crippen LogP contribution in [0.4, 0.5) is 0 Å². The van der Waals surface area contributed by atoms with Gasteiger partial charge in [0.25, 0.3) is 0 Å². The molecule has 43 heavy (non-hydrogen) atoms. The van der Waals surface area contributed by atoms with Crippen molar-refractivity contribution in [3.63, 3.8) is 0 Å². The fourth-order valence-corrected chi connectivity index (χ4v) is 6.14. The molecule has 5 aromatic carbocycles. The molecule has 1 aliphatic carbocycles. The molecule has 8 rings (SSSR count). The zero-order valence-electron chi connectivity index (χ0n) is 26.9. The fraction of sp³-hybridized carbons (Fsp3) is 0.256. The van der Waals surface area contributed by atoms with E-state index in [2.05, 4.69) is 104 Å². The zero-order valence-corrected chi connectivity index (χ0v) is 26.9. The van der Waals surface area contributed by atoms with Crippen LogP contribution in [0.5, 0.6) is 0 Å². The smallest absolute Gasteiger partial charge is 0.151 e. The van der Waals surface area contributed by atoms with Crippen molar-refractivity contribution in [3.8, 4) is 11.1 Å². The second kappa shape index (κ2) is 14.6. The average Bonchev–Trinajstić information content (AvgIpc) is 3.66. The minimum absolute atomic E-state index is 0.595. The Hall–Kier alpha value is -4.57. The van der Waals surface area contributed by atoms with Gasteiger partial charge >= 0.3 is 0 Å². The van der Waals surface area contributed by atoms with Gasteiger partial charge in [0, 0.05) is 22.6 Å². The molecule has 0 unspecified atom stereocenters. The summed E-state index contributed by atoms with van der Waals surface area (Å²) >= 11 is 0. The lowest BCUT2D eigenvalue weighted by molar-refractivity contribution is 0.779. The predicted molar refractivity (Wildman–Crippen MR) is 187 cm³/mol. The molecular weight excluding hydrogens is 524 g/mol. The highest BCUT2D eigenvalue weighted by molar-refractivity contribution is 6.29. The number of hydrogen-bond acceptors (Lipinski definition) is 3. The van der Waals surface area contributed by atoms with Crippen LogP contribution in [0.25, 0.3) is 54.5 Å². The Labute approximate surface area is 256 Å². The summed E-state index contributed by atoms with van der Waals surface area (Å²) in [4.78, 5) is 13.0. The fourth-order valence-electron chi connectivity index (χ4n) is 6.14. The quantitative estimate of drug-likeness (QED) is 0.208. The van der Waals surface area contributed by atoms with Crippen molar-refractivity contribution in [3.05, 3.63) is 115 Å².